The van der Waals surface area contributed by atoms with Crippen molar-refractivity contribution in [1.82, 2.24) is 20.1 Å². The van der Waals surface area contributed by atoms with Crippen molar-refractivity contribution >= 4 is 16.9 Å². The Balaban J connectivity index is 1.88. The van der Waals surface area contributed by atoms with E-state index in [1.54, 1.807) is 6.20 Å². The first-order valence-corrected chi connectivity index (χ1v) is 9.04. The first-order valence-electron chi connectivity index (χ1n) is 9.04. The summed E-state index contributed by atoms with van der Waals surface area (Å²) >= 11 is 0. The fourth-order valence-electron chi connectivity index (χ4n) is 3.87. The van der Waals surface area contributed by atoms with Crippen LogP contribution in [0.1, 0.15) is 69.1 Å². The molecule has 0 radical (unpaired) electrons. The molecule has 5 heteroatoms. The zero-order valence-corrected chi connectivity index (χ0v) is 15.3. The van der Waals surface area contributed by atoms with E-state index in [4.69, 9.17) is 0 Å². The lowest BCUT2D eigenvalue weighted by Gasteiger charge is -2.35. The highest BCUT2D eigenvalue weighted by molar-refractivity contribution is 5.98. The molecule has 130 valence electrons. The van der Waals surface area contributed by atoms with Gasteiger partial charge in [0, 0.05) is 17.5 Å². The number of rotatable bonds is 3. The van der Waals surface area contributed by atoms with Gasteiger partial charge in [0.05, 0.1) is 17.5 Å². The Kier molecular flexibility index (Phi) is 4.61. The van der Waals surface area contributed by atoms with Crippen molar-refractivity contribution in [2.24, 2.45) is 11.8 Å². The molecule has 1 fully saturated rings. The summed E-state index contributed by atoms with van der Waals surface area (Å²) in [5.41, 5.74) is 2.27. The minimum Gasteiger partial charge on any atom is -0.349 e. The van der Waals surface area contributed by atoms with E-state index in [0.29, 0.717) is 17.4 Å². The van der Waals surface area contributed by atoms with Gasteiger partial charge in [0.15, 0.2) is 5.65 Å². The Labute approximate surface area is 143 Å². The predicted molar refractivity (Wildman–Crippen MR) is 96.1 cm³/mol. The SMILES string of the molecule is Cc1nc2c(cnn2C(C)C)cc1C(=O)NC1C(C)CCCC1C. The zero-order chi connectivity index (χ0) is 17.4. The van der Waals surface area contributed by atoms with Gasteiger partial charge in [0.25, 0.3) is 5.91 Å². The molecule has 0 saturated heterocycles. The maximum absolute atomic E-state index is 12.8. The Morgan fingerprint density at radius 1 is 1.29 bits per heavy atom. The molecule has 1 aliphatic rings. The number of fused-ring (bicyclic) bond motifs is 1. The van der Waals surface area contributed by atoms with Crippen molar-refractivity contribution in [3.8, 4) is 0 Å². The quantitative estimate of drug-likeness (QED) is 0.930. The minimum atomic E-state index is -0.00945. The molecule has 0 spiro atoms. The van der Waals surface area contributed by atoms with Gasteiger partial charge in [-0.3, -0.25) is 4.79 Å². The Morgan fingerprint density at radius 3 is 2.58 bits per heavy atom. The van der Waals surface area contributed by atoms with Crippen LogP contribution in [0.3, 0.4) is 0 Å². The molecule has 2 aromatic heterocycles. The van der Waals surface area contributed by atoms with Crippen LogP contribution >= 0.6 is 0 Å². The molecule has 1 amide bonds. The number of hydrogen-bond donors (Lipinski definition) is 1. The fraction of sp³-hybridized carbons (Fsp3) is 0.632. The zero-order valence-electron chi connectivity index (χ0n) is 15.3. The van der Waals surface area contributed by atoms with Gasteiger partial charge >= 0.3 is 0 Å². The van der Waals surface area contributed by atoms with Gasteiger partial charge in [-0.1, -0.05) is 20.3 Å². The maximum atomic E-state index is 12.8. The van der Waals surface area contributed by atoms with Gasteiger partial charge in [-0.05, 0) is 51.5 Å². The minimum absolute atomic E-state index is 0.00945. The second kappa shape index (κ2) is 6.54. The number of nitrogens with zero attached hydrogens (tertiary/aromatic N) is 3. The molecule has 1 saturated carbocycles. The normalized spacial score (nSPS) is 24.5. The molecule has 0 aromatic carbocycles. The summed E-state index contributed by atoms with van der Waals surface area (Å²) in [7, 11) is 0. The number of hydrogen-bond acceptors (Lipinski definition) is 3. The first kappa shape index (κ1) is 16.9. The Hall–Kier alpha value is -1.91. The average Bonchev–Trinajstić information content (AvgIpc) is 2.93. The monoisotopic (exact) mass is 328 g/mol. The van der Waals surface area contributed by atoms with Crippen molar-refractivity contribution in [3.63, 3.8) is 0 Å². The lowest BCUT2D eigenvalue weighted by atomic mass is 9.78. The topological polar surface area (TPSA) is 59.8 Å². The summed E-state index contributed by atoms with van der Waals surface area (Å²) in [6, 6.07) is 2.43. The van der Waals surface area contributed by atoms with Gasteiger partial charge in [0.1, 0.15) is 0 Å². The maximum Gasteiger partial charge on any atom is 0.253 e. The highest BCUT2D eigenvalue weighted by atomic mass is 16.1. The molecule has 2 atom stereocenters. The average molecular weight is 328 g/mol. The van der Waals surface area contributed by atoms with E-state index in [1.165, 1.54) is 19.3 Å². The highest BCUT2D eigenvalue weighted by Crippen LogP contribution is 2.29. The van der Waals surface area contributed by atoms with Crippen molar-refractivity contribution in [3.05, 3.63) is 23.5 Å². The van der Waals surface area contributed by atoms with Gasteiger partial charge in [-0.2, -0.15) is 5.10 Å². The van der Waals surface area contributed by atoms with Crippen LogP contribution in [0.15, 0.2) is 12.3 Å². The lowest BCUT2D eigenvalue weighted by Crippen LogP contribution is -2.46. The molecule has 0 bridgehead atoms. The van der Waals surface area contributed by atoms with E-state index in [0.717, 1.165) is 16.7 Å². The molecule has 5 nitrogen and oxygen atoms in total. The predicted octanol–water partition coefficient (Wildman–Crippen LogP) is 3.88. The second-order valence-corrected chi connectivity index (χ2v) is 7.60. The molecule has 2 aromatic rings. The van der Waals surface area contributed by atoms with Crippen LogP contribution in [0.5, 0.6) is 0 Å². The van der Waals surface area contributed by atoms with Crippen molar-refractivity contribution < 1.29 is 4.79 Å². The molecule has 1 aliphatic carbocycles. The van der Waals surface area contributed by atoms with Gasteiger partial charge < -0.3 is 5.32 Å². The number of carbonyl (C=O) groups excluding carboxylic acids is 1. The molecule has 0 aliphatic heterocycles. The summed E-state index contributed by atoms with van der Waals surface area (Å²) < 4.78 is 1.90. The van der Waals surface area contributed by atoms with E-state index >= 15 is 0 Å². The van der Waals surface area contributed by atoms with Crippen molar-refractivity contribution in [2.75, 3.05) is 0 Å². The summed E-state index contributed by atoms with van der Waals surface area (Å²) in [5, 5.41) is 8.58. The summed E-state index contributed by atoms with van der Waals surface area (Å²) in [6.45, 7) is 10.5. The van der Waals surface area contributed by atoms with Crippen LogP contribution in [-0.2, 0) is 0 Å². The first-order chi connectivity index (χ1) is 11.4. The van der Waals surface area contributed by atoms with E-state index < -0.39 is 0 Å². The summed E-state index contributed by atoms with van der Waals surface area (Å²) in [5.74, 6) is 1.04. The smallest absolute Gasteiger partial charge is 0.253 e. The third-order valence-electron chi connectivity index (χ3n) is 5.34. The van der Waals surface area contributed by atoms with Gasteiger partial charge in [0.2, 0.25) is 0 Å². The molecular formula is C19H28N4O. The number of amides is 1. The standard InChI is InChI=1S/C19H28N4O/c1-11(2)23-18-15(10-20-23)9-16(14(5)21-18)19(24)22-17-12(3)7-6-8-13(17)4/h9-13,17H,6-8H2,1-5H3,(H,22,24). The van der Waals surface area contributed by atoms with Crippen LogP contribution in [-0.4, -0.2) is 26.7 Å². The van der Waals surface area contributed by atoms with Crippen LogP contribution < -0.4 is 5.32 Å². The number of nitrogens with one attached hydrogen (secondary N) is 1. The lowest BCUT2D eigenvalue weighted by molar-refractivity contribution is 0.0879. The van der Waals surface area contributed by atoms with Gasteiger partial charge in [-0.15, -0.1) is 0 Å². The molecule has 2 heterocycles. The van der Waals surface area contributed by atoms with E-state index in [1.807, 2.05) is 17.7 Å². The van der Waals surface area contributed by atoms with Crippen LogP contribution in [0.2, 0.25) is 0 Å². The number of aromatic nitrogens is 3. The number of carbonyl (C=O) groups is 1. The van der Waals surface area contributed by atoms with E-state index in [9.17, 15) is 4.79 Å². The summed E-state index contributed by atoms with van der Waals surface area (Å²) in [4.78, 5) is 17.5. The van der Waals surface area contributed by atoms with E-state index in [-0.39, 0.29) is 18.0 Å². The number of aryl methyl sites for hydroxylation is 1. The van der Waals surface area contributed by atoms with Gasteiger partial charge in [-0.25, -0.2) is 9.67 Å². The molecular weight excluding hydrogens is 300 g/mol. The highest BCUT2D eigenvalue weighted by Gasteiger charge is 2.29. The van der Waals surface area contributed by atoms with Crippen LogP contribution in [0, 0.1) is 18.8 Å². The van der Waals surface area contributed by atoms with E-state index in [2.05, 4.69) is 43.1 Å². The molecule has 24 heavy (non-hydrogen) atoms. The van der Waals surface area contributed by atoms with Crippen LogP contribution in [0.4, 0.5) is 0 Å². The Morgan fingerprint density at radius 2 is 1.96 bits per heavy atom. The molecule has 2 unspecified atom stereocenters. The third kappa shape index (κ3) is 3.04. The fourth-order valence-corrected chi connectivity index (χ4v) is 3.87. The largest absolute Gasteiger partial charge is 0.349 e. The molecule has 3 rings (SSSR count). The summed E-state index contributed by atoms with van der Waals surface area (Å²) in [6.07, 6.45) is 5.43. The second-order valence-electron chi connectivity index (χ2n) is 7.60. The number of pyridine rings is 1. The Bertz CT molecular complexity index is 739. The van der Waals surface area contributed by atoms with Crippen molar-refractivity contribution in [1.29, 1.82) is 0 Å². The third-order valence-corrected chi connectivity index (χ3v) is 5.34. The van der Waals surface area contributed by atoms with Crippen molar-refractivity contribution in [2.45, 2.75) is 66.0 Å². The molecule has 1 N–H and O–H groups in total. The van der Waals surface area contributed by atoms with Crippen LogP contribution in [0.25, 0.3) is 11.0 Å².